The number of carbonyl (C=O) groups is 2. The van der Waals surface area contributed by atoms with Crippen LogP contribution >= 0.6 is 0 Å². The average molecular weight is 298 g/mol. The molecule has 2 rings (SSSR count). The van der Waals surface area contributed by atoms with E-state index in [-0.39, 0.29) is 12.3 Å². The van der Waals surface area contributed by atoms with Gasteiger partial charge < -0.3 is 15.7 Å². The maximum absolute atomic E-state index is 12.3. The van der Waals surface area contributed by atoms with Crippen LogP contribution in [0.5, 0.6) is 0 Å². The smallest absolute Gasteiger partial charge is 0.305 e. The molecule has 0 radical (unpaired) electrons. The van der Waals surface area contributed by atoms with Gasteiger partial charge in [0.15, 0.2) is 0 Å². The van der Waals surface area contributed by atoms with Gasteiger partial charge in [0.25, 0.3) is 0 Å². The molecule has 0 saturated carbocycles. The summed E-state index contributed by atoms with van der Waals surface area (Å²) >= 11 is 0. The summed E-state index contributed by atoms with van der Waals surface area (Å²) in [7, 11) is 0. The Balaban J connectivity index is 2.11. The normalized spacial score (nSPS) is 11.5. The van der Waals surface area contributed by atoms with E-state index >= 15 is 0 Å². The van der Waals surface area contributed by atoms with Crippen molar-refractivity contribution < 1.29 is 14.7 Å². The highest BCUT2D eigenvalue weighted by Gasteiger charge is 2.21. The molecule has 1 unspecified atom stereocenters. The number of carboxylic acids is 1. The van der Waals surface area contributed by atoms with Crippen molar-refractivity contribution >= 4 is 23.3 Å². The van der Waals surface area contributed by atoms with Crippen LogP contribution < -0.4 is 10.6 Å². The van der Waals surface area contributed by atoms with E-state index < -0.39 is 12.0 Å². The molecule has 3 N–H and O–H groups in total. The van der Waals surface area contributed by atoms with E-state index in [2.05, 4.69) is 10.6 Å². The molecule has 0 aliphatic rings. The Morgan fingerprint density at radius 2 is 1.73 bits per heavy atom. The van der Waals surface area contributed by atoms with Crippen molar-refractivity contribution in [1.82, 2.24) is 0 Å². The minimum absolute atomic E-state index is 0.299. The summed E-state index contributed by atoms with van der Waals surface area (Å²) in [5.41, 5.74) is 2.38. The van der Waals surface area contributed by atoms with Crippen LogP contribution in [0.3, 0.4) is 0 Å². The van der Waals surface area contributed by atoms with Gasteiger partial charge in [-0.2, -0.15) is 0 Å². The van der Waals surface area contributed by atoms with Crippen molar-refractivity contribution in [1.29, 1.82) is 0 Å². The topological polar surface area (TPSA) is 78.4 Å². The van der Waals surface area contributed by atoms with Gasteiger partial charge >= 0.3 is 5.97 Å². The molecule has 0 aliphatic carbocycles. The summed E-state index contributed by atoms with van der Waals surface area (Å²) in [6.45, 7) is 1.93. The second kappa shape index (κ2) is 7.26. The standard InChI is InChI=1S/C17H18N2O3/c1-12-6-5-9-14(10-12)18-15(11-16(20)21)17(22)19-13-7-3-2-4-8-13/h2-10,15,18H,11H2,1H3,(H,19,22)(H,20,21). The van der Waals surface area contributed by atoms with Crippen molar-refractivity contribution in [2.24, 2.45) is 0 Å². The third-order valence-corrected chi connectivity index (χ3v) is 3.10. The molecule has 0 saturated heterocycles. The van der Waals surface area contributed by atoms with E-state index in [9.17, 15) is 9.59 Å². The summed E-state index contributed by atoms with van der Waals surface area (Å²) in [6, 6.07) is 15.6. The summed E-state index contributed by atoms with van der Waals surface area (Å²) < 4.78 is 0. The molecule has 0 aromatic heterocycles. The van der Waals surface area contributed by atoms with Gasteiger partial charge in [0.2, 0.25) is 5.91 Å². The number of anilines is 2. The van der Waals surface area contributed by atoms with Crippen LogP contribution in [0.15, 0.2) is 54.6 Å². The molecular weight excluding hydrogens is 280 g/mol. The second-order valence-corrected chi connectivity index (χ2v) is 5.02. The fourth-order valence-corrected chi connectivity index (χ4v) is 2.07. The van der Waals surface area contributed by atoms with E-state index in [1.54, 1.807) is 30.3 Å². The monoisotopic (exact) mass is 298 g/mol. The highest BCUT2D eigenvalue weighted by atomic mass is 16.4. The van der Waals surface area contributed by atoms with Crippen LogP contribution in [0.25, 0.3) is 0 Å². The van der Waals surface area contributed by atoms with Crippen molar-refractivity contribution in [3.63, 3.8) is 0 Å². The number of carbonyl (C=O) groups excluding carboxylic acids is 1. The Kier molecular flexibility index (Phi) is 5.14. The average Bonchev–Trinajstić information content (AvgIpc) is 2.47. The lowest BCUT2D eigenvalue weighted by Gasteiger charge is -2.18. The van der Waals surface area contributed by atoms with E-state index in [1.165, 1.54) is 0 Å². The second-order valence-electron chi connectivity index (χ2n) is 5.02. The number of aliphatic carboxylic acids is 1. The van der Waals surface area contributed by atoms with Crippen molar-refractivity contribution in [3.8, 4) is 0 Å². The molecule has 2 aromatic carbocycles. The first kappa shape index (κ1) is 15.6. The first-order valence-corrected chi connectivity index (χ1v) is 6.95. The van der Waals surface area contributed by atoms with Gasteiger partial charge in [-0.25, -0.2) is 0 Å². The molecule has 2 aromatic rings. The van der Waals surface area contributed by atoms with Crippen LogP contribution in [0, 0.1) is 6.92 Å². The zero-order valence-corrected chi connectivity index (χ0v) is 12.2. The molecule has 0 fully saturated rings. The zero-order chi connectivity index (χ0) is 15.9. The Morgan fingerprint density at radius 3 is 2.36 bits per heavy atom. The molecule has 5 heteroatoms. The Bertz CT molecular complexity index is 656. The molecule has 0 aliphatic heterocycles. The lowest BCUT2D eigenvalue weighted by atomic mass is 10.1. The number of nitrogens with one attached hydrogen (secondary N) is 2. The quantitative estimate of drug-likeness (QED) is 0.766. The summed E-state index contributed by atoms with van der Waals surface area (Å²) in [4.78, 5) is 23.3. The van der Waals surface area contributed by atoms with Crippen LogP contribution in [-0.4, -0.2) is 23.0 Å². The predicted molar refractivity (Wildman–Crippen MR) is 85.9 cm³/mol. The van der Waals surface area contributed by atoms with Crippen LogP contribution in [0.1, 0.15) is 12.0 Å². The van der Waals surface area contributed by atoms with Gasteiger partial charge in [-0.1, -0.05) is 30.3 Å². The first-order valence-electron chi connectivity index (χ1n) is 6.95. The fraction of sp³-hybridized carbons (Fsp3) is 0.176. The van der Waals surface area contributed by atoms with Crippen LogP contribution in [0.4, 0.5) is 11.4 Å². The Labute approximate surface area is 129 Å². The number of benzene rings is 2. The third-order valence-electron chi connectivity index (χ3n) is 3.10. The van der Waals surface area contributed by atoms with E-state index in [0.717, 1.165) is 11.3 Å². The highest BCUT2D eigenvalue weighted by Crippen LogP contribution is 2.14. The minimum atomic E-state index is -1.03. The maximum atomic E-state index is 12.3. The van der Waals surface area contributed by atoms with E-state index in [4.69, 9.17) is 5.11 Å². The molecule has 0 bridgehead atoms. The minimum Gasteiger partial charge on any atom is -0.481 e. The zero-order valence-electron chi connectivity index (χ0n) is 12.2. The van der Waals surface area contributed by atoms with Gasteiger partial charge in [-0.3, -0.25) is 9.59 Å². The molecule has 0 heterocycles. The molecule has 1 amide bonds. The molecule has 0 spiro atoms. The van der Waals surface area contributed by atoms with E-state index in [0.29, 0.717) is 5.69 Å². The number of carboxylic acid groups (broad SMARTS) is 1. The Hall–Kier alpha value is -2.82. The number of hydrogen-bond donors (Lipinski definition) is 3. The lowest BCUT2D eigenvalue weighted by Crippen LogP contribution is -2.36. The van der Waals surface area contributed by atoms with E-state index in [1.807, 2.05) is 31.2 Å². The third kappa shape index (κ3) is 4.63. The van der Waals surface area contributed by atoms with Crippen LogP contribution in [-0.2, 0) is 9.59 Å². The van der Waals surface area contributed by atoms with Crippen molar-refractivity contribution in [2.75, 3.05) is 10.6 Å². The molecule has 1 atom stereocenters. The number of aryl methyl sites for hydroxylation is 1. The summed E-state index contributed by atoms with van der Waals surface area (Å²) in [5, 5.41) is 14.7. The van der Waals surface area contributed by atoms with Gasteiger partial charge in [0.1, 0.15) is 6.04 Å². The summed E-state index contributed by atoms with van der Waals surface area (Å²) in [5.74, 6) is -1.41. The summed E-state index contributed by atoms with van der Waals surface area (Å²) in [6.07, 6.45) is -0.299. The van der Waals surface area contributed by atoms with Crippen molar-refractivity contribution in [2.45, 2.75) is 19.4 Å². The molecule has 5 nitrogen and oxygen atoms in total. The largest absolute Gasteiger partial charge is 0.481 e. The van der Waals surface area contributed by atoms with Crippen molar-refractivity contribution in [3.05, 3.63) is 60.2 Å². The number of hydrogen-bond acceptors (Lipinski definition) is 3. The molecule has 22 heavy (non-hydrogen) atoms. The van der Waals surface area contributed by atoms with Gasteiger partial charge in [0, 0.05) is 11.4 Å². The highest BCUT2D eigenvalue weighted by molar-refractivity contribution is 5.98. The van der Waals surface area contributed by atoms with Gasteiger partial charge in [-0.15, -0.1) is 0 Å². The predicted octanol–water partition coefficient (Wildman–Crippen LogP) is 2.89. The molecule has 114 valence electrons. The van der Waals surface area contributed by atoms with Gasteiger partial charge in [0.05, 0.1) is 6.42 Å². The first-order chi connectivity index (χ1) is 10.5. The fourth-order valence-electron chi connectivity index (χ4n) is 2.07. The molecular formula is C17H18N2O3. The number of para-hydroxylation sites is 1. The number of amides is 1. The number of rotatable bonds is 6. The van der Waals surface area contributed by atoms with Crippen LogP contribution in [0.2, 0.25) is 0 Å². The van der Waals surface area contributed by atoms with Gasteiger partial charge in [-0.05, 0) is 36.8 Å². The SMILES string of the molecule is Cc1cccc(NC(CC(=O)O)C(=O)Nc2ccccc2)c1. The Morgan fingerprint density at radius 1 is 1.05 bits per heavy atom. The lowest BCUT2D eigenvalue weighted by molar-refractivity contribution is -0.138. The maximum Gasteiger partial charge on any atom is 0.305 e.